The summed E-state index contributed by atoms with van der Waals surface area (Å²) in [5.74, 6) is 1.13. The lowest BCUT2D eigenvalue weighted by atomic mass is 9.85. The second kappa shape index (κ2) is 4.91. The molecule has 21 heavy (non-hydrogen) atoms. The largest absolute Gasteiger partial charge is 0.486 e. The van der Waals surface area contributed by atoms with Crippen LogP contribution in [0.3, 0.4) is 0 Å². The predicted octanol–water partition coefficient (Wildman–Crippen LogP) is 2.42. The maximum atomic E-state index is 12.2. The number of fused-ring (bicyclic) bond motifs is 1. The van der Waals surface area contributed by atoms with Gasteiger partial charge in [0.2, 0.25) is 0 Å². The summed E-state index contributed by atoms with van der Waals surface area (Å²) in [6.45, 7) is 7.08. The third-order valence-corrected chi connectivity index (χ3v) is 4.30. The second-order valence-electron chi connectivity index (χ2n) is 5.39. The maximum absolute atomic E-state index is 12.2. The molecule has 2 aliphatic heterocycles. The predicted molar refractivity (Wildman–Crippen MR) is 75.5 cm³/mol. The minimum Gasteiger partial charge on any atom is -0.486 e. The molecule has 0 spiro atoms. The number of esters is 1. The Morgan fingerprint density at radius 1 is 1.24 bits per heavy atom. The van der Waals surface area contributed by atoms with Crippen LogP contribution < -0.4 is 9.47 Å². The third-order valence-electron chi connectivity index (χ3n) is 4.30. The molecule has 2 heterocycles. The van der Waals surface area contributed by atoms with E-state index in [0.29, 0.717) is 32.0 Å². The molecule has 0 aromatic heterocycles. The van der Waals surface area contributed by atoms with Crippen LogP contribution in [-0.4, -0.2) is 31.4 Å². The molecule has 0 radical (unpaired) electrons. The highest BCUT2D eigenvalue weighted by Crippen LogP contribution is 2.59. The van der Waals surface area contributed by atoms with Crippen molar-refractivity contribution in [1.82, 2.24) is 0 Å². The smallest absolute Gasteiger partial charge is 0.341 e. The maximum Gasteiger partial charge on any atom is 0.341 e. The van der Waals surface area contributed by atoms with E-state index in [4.69, 9.17) is 18.9 Å². The van der Waals surface area contributed by atoms with Crippen LogP contribution in [-0.2, 0) is 19.9 Å². The molecule has 0 amide bonds. The Morgan fingerprint density at radius 3 is 2.62 bits per heavy atom. The van der Waals surface area contributed by atoms with Gasteiger partial charge in [-0.3, -0.25) is 0 Å². The number of hydrogen-bond donors (Lipinski definition) is 0. The summed E-state index contributed by atoms with van der Waals surface area (Å²) < 4.78 is 22.2. The van der Waals surface area contributed by atoms with Crippen molar-refractivity contribution in [3.8, 4) is 11.5 Å². The quantitative estimate of drug-likeness (QED) is 0.630. The third kappa shape index (κ3) is 1.99. The Balaban J connectivity index is 1.92. The van der Waals surface area contributed by atoms with Gasteiger partial charge in [-0.1, -0.05) is 13.0 Å². The molecule has 3 rings (SSSR count). The SMILES string of the molecule is CCOC(=O)C1(CC)OC1(C)c1ccc2c(c1)OCCO2. The van der Waals surface area contributed by atoms with Crippen molar-refractivity contribution in [3.63, 3.8) is 0 Å². The van der Waals surface area contributed by atoms with Gasteiger partial charge in [-0.25, -0.2) is 4.79 Å². The summed E-state index contributed by atoms with van der Waals surface area (Å²) in [5, 5.41) is 0. The summed E-state index contributed by atoms with van der Waals surface area (Å²) in [4.78, 5) is 12.2. The van der Waals surface area contributed by atoms with Gasteiger partial charge in [0, 0.05) is 0 Å². The Labute approximate surface area is 124 Å². The van der Waals surface area contributed by atoms with E-state index < -0.39 is 11.2 Å². The molecular weight excluding hydrogens is 272 g/mol. The van der Waals surface area contributed by atoms with Crippen LogP contribution in [0.4, 0.5) is 0 Å². The van der Waals surface area contributed by atoms with Crippen LogP contribution >= 0.6 is 0 Å². The number of rotatable bonds is 4. The standard InChI is InChI=1S/C16H20O5/c1-4-16(14(17)18-5-2)15(3,21-16)11-6-7-12-13(10-11)20-9-8-19-12/h6-7,10H,4-5,8-9H2,1-3H3. The van der Waals surface area contributed by atoms with E-state index in [2.05, 4.69) is 0 Å². The van der Waals surface area contributed by atoms with Crippen molar-refractivity contribution in [2.75, 3.05) is 19.8 Å². The van der Waals surface area contributed by atoms with Crippen molar-refractivity contribution < 1.29 is 23.7 Å². The summed E-state index contributed by atoms with van der Waals surface area (Å²) in [7, 11) is 0. The van der Waals surface area contributed by atoms with Gasteiger partial charge in [0.15, 0.2) is 17.1 Å². The van der Waals surface area contributed by atoms with Crippen LogP contribution in [0.1, 0.15) is 32.8 Å². The van der Waals surface area contributed by atoms with Gasteiger partial charge in [-0.2, -0.15) is 0 Å². The normalized spacial score (nSPS) is 29.9. The highest BCUT2D eigenvalue weighted by atomic mass is 16.7. The Bertz CT molecular complexity index is 570. The molecule has 0 saturated carbocycles. The van der Waals surface area contributed by atoms with Crippen molar-refractivity contribution in [2.24, 2.45) is 0 Å². The average Bonchev–Trinajstić information content (AvgIpc) is 3.15. The van der Waals surface area contributed by atoms with E-state index in [0.717, 1.165) is 11.3 Å². The Morgan fingerprint density at radius 2 is 1.95 bits per heavy atom. The number of epoxide rings is 1. The van der Waals surface area contributed by atoms with Crippen molar-refractivity contribution in [2.45, 2.75) is 38.4 Å². The van der Waals surface area contributed by atoms with Gasteiger partial charge in [0.25, 0.3) is 0 Å². The topological polar surface area (TPSA) is 57.3 Å². The lowest BCUT2D eigenvalue weighted by molar-refractivity contribution is -0.149. The lowest BCUT2D eigenvalue weighted by Crippen LogP contribution is -2.33. The summed E-state index contributed by atoms with van der Waals surface area (Å²) in [6.07, 6.45) is 0.566. The molecule has 114 valence electrons. The Hall–Kier alpha value is -1.75. The molecule has 2 unspecified atom stereocenters. The number of carbonyl (C=O) groups is 1. The molecule has 5 heteroatoms. The zero-order valence-corrected chi connectivity index (χ0v) is 12.6. The fraction of sp³-hybridized carbons (Fsp3) is 0.562. The van der Waals surface area contributed by atoms with Crippen molar-refractivity contribution in [3.05, 3.63) is 23.8 Å². The first kappa shape index (κ1) is 14.2. The van der Waals surface area contributed by atoms with E-state index in [1.165, 1.54) is 0 Å². The zero-order valence-electron chi connectivity index (χ0n) is 12.6. The van der Waals surface area contributed by atoms with Crippen LogP contribution in [0.25, 0.3) is 0 Å². The van der Waals surface area contributed by atoms with Gasteiger partial charge in [0.05, 0.1) is 6.61 Å². The number of benzene rings is 1. The zero-order chi connectivity index (χ0) is 15.1. The van der Waals surface area contributed by atoms with Crippen LogP contribution in [0.2, 0.25) is 0 Å². The molecule has 1 aromatic carbocycles. The van der Waals surface area contributed by atoms with Gasteiger partial charge in [-0.15, -0.1) is 0 Å². The minimum atomic E-state index is -0.896. The molecule has 0 bridgehead atoms. The molecular formula is C16H20O5. The first-order valence-electron chi connectivity index (χ1n) is 7.35. The first-order chi connectivity index (χ1) is 10.1. The number of hydrogen-bond acceptors (Lipinski definition) is 5. The van der Waals surface area contributed by atoms with Gasteiger partial charge in [-0.05, 0) is 38.0 Å². The van der Waals surface area contributed by atoms with Crippen LogP contribution in [0.15, 0.2) is 18.2 Å². The summed E-state index contributed by atoms with van der Waals surface area (Å²) in [5.41, 5.74) is -0.668. The summed E-state index contributed by atoms with van der Waals surface area (Å²) in [6, 6.07) is 5.68. The van der Waals surface area contributed by atoms with E-state index in [-0.39, 0.29) is 5.97 Å². The van der Waals surface area contributed by atoms with Gasteiger partial charge in [0.1, 0.15) is 18.8 Å². The van der Waals surface area contributed by atoms with E-state index in [9.17, 15) is 4.79 Å². The van der Waals surface area contributed by atoms with Crippen LogP contribution in [0.5, 0.6) is 11.5 Å². The second-order valence-corrected chi connectivity index (χ2v) is 5.39. The van der Waals surface area contributed by atoms with Gasteiger partial charge >= 0.3 is 5.97 Å². The van der Waals surface area contributed by atoms with Crippen LogP contribution in [0, 0.1) is 0 Å². The molecule has 2 atom stereocenters. The molecule has 1 saturated heterocycles. The Kier molecular flexibility index (Phi) is 3.32. The monoisotopic (exact) mass is 292 g/mol. The molecule has 1 aromatic rings. The minimum absolute atomic E-state index is 0.301. The van der Waals surface area contributed by atoms with E-state index in [1.807, 2.05) is 32.0 Å². The molecule has 5 nitrogen and oxygen atoms in total. The first-order valence-corrected chi connectivity index (χ1v) is 7.35. The average molecular weight is 292 g/mol. The summed E-state index contributed by atoms with van der Waals surface area (Å²) >= 11 is 0. The fourth-order valence-electron chi connectivity index (χ4n) is 2.99. The van der Waals surface area contributed by atoms with Crippen molar-refractivity contribution >= 4 is 5.97 Å². The van der Waals surface area contributed by atoms with E-state index in [1.54, 1.807) is 6.92 Å². The highest BCUT2D eigenvalue weighted by Gasteiger charge is 2.72. The molecule has 2 aliphatic rings. The lowest BCUT2D eigenvalue weighted by Gasteiger charge is -2.20. The van der Waals surface area contributed by atoms with Gasteiger partial charge < -0.3 is 18.9 Å². The molecule has 1 fully saturated rings. The number of carbonyl (C=O) groups excluding carboxylic acids is 1. The number of ether oxygens (including phenoxy) is 4. The van der Waals surface area contributed by atoms with Crippen molar-refractivity contribution in [1.29, 1.82) is 0 Å². The fourth-order valence-corrected chi connectivity index (χ4v) is 2.99. The highest BCUT2D eigenvalue weighted by molar-refractivity contribution is 5.85. The molecule has 0 aliphatic carbocycles. The van der Waals surface area contributed by atoms with E-state index >= 15 is 0 Å². The molecule has 0 N–H and O–H groups in total.